The molecule has 2 aromatic heterocycles. The summed E-state index contributed by atoms with van der Waals surface area (Å²) in [7, 11) is 0. The second-order valence-corrected chi connectivity index (χ2v) is 5.51. The molecular formula is C14H11F6N3O. The van der Waals surface area contributed by atoms with Gasteiger partial charge in [-0.05, 0) is 12.5 Å². The Morgan fingerprint density at radius 2 is 1.83 bits per heavy atom. The molecule has 4 nitrogen and oxygen atoms in total. The van der Waals surface area contributed by atoms with E-state index in [-0.39, 0.29) is 18.6 Å². The van der Waals surface area contributed by atoms with Crippen molar-refractivity contribution in [2.24, 2.45) is 5.92 Å². The normalized spacial score (nSPS) is 21.8. The third kappa shape index (κ3) is 2.85. The topological polar surface area (TPSA) is 50.9 Å². The Morgan fingerprint density at radius 3 is 2.38 bits per heavy atom. The Morgan fingerprint density at radius 1 is 1.12 bits per heavy atom. The van der Waals surface area contributed by atoms with Crippen molar-refractivity contribution in [1.29, 1.82) is 0 Å². The zero-order valence-electron chi connectivity index (χ0n) is 11.9. The first kappa shape index (κ1) is 16.7. The number of aliphatic hydroxyl groups is 1. The number of allylic oxidation sites excluding steroid dienone is 1. The van der Waals surface area contributed by atoms with Gasteiger partial charge in [-0.25, -0.2) is 9.97 Å². The first-order valence-corrected chi connectivity index (χ1v) is 6.92. The van der Waals surface area contributed by atoms with Crippen LogP contribution < -0.4 is 0 Å². The molecule has 0 bridgehead atoms. The molecule has 1 aliphatic carbocycles. The highest BCUT2D eigenvalue weighted by Crippen LogP contribution is 2.39. The van der Waals surface area contributed by atoms with E-state index in [9.17, 15) is 26.3 Å². The standard InChI is InChI=1S/C14H11F6N3O/c15-13(16,17)9-4-10(14(18,19)20)22-12-11(9)21-6-23(12)8-2-1-7(3-8)5-24/h1-2,4,6-8,24H,3,5H2/t7-,8+/m1/s1. The maximum atomic E-state index is 13.1. The Hall–Kier alpha value is -2.10. The number of fused-ring (bicyclic) bond motifs is 1. The molecule has 0 fully saturated rings. The van der Waals surface area contributed by atoms with Crippen LogP contribution >= 0.6 is 0 Å². The van der Waals surface area contributed by atoms with E-state index in [1.807, 2.05) is 0 Å². The van der Waals surface area contributed by atoms with Gasteiger partial charge in [0.1, 0.15) is 11.2 Å². The van der Waals surface area contributed by atoms with E-state index in [4.69, 9.17) is 5.11 Å². The van der Waals surface area contributed by atoms with E-state index in [0.29, 0.717) is 6.42 Å². The van der Waals surface area contributed by atoms with Gasteiger partial charge in [-0.3, -0.25) is 0 Å². The maximum absolute atomic E-state index is 13.1. The molecule has 0 aromatic carbocycles. The van der Waals surface area contributed by atoms with Crippen molar-refractivity contribution >= 4 is 11.2 Å². The molecule has 2 aromatic rings. The molecule has 1 aliphatic rings. The molecule has 0 spiro atoms. The predicted molar refractivity (Wildman–Crippen MR) is 70.9 cm³/mol. The van der Waals surface area contributed by atoms with Crippen LogP contribution in [0.15, 0.2) is 24.5 Å². The van der Waals surface area contributed by atoms with Crippen LogP contribution in [0, 0.1) is 5.92 Å². The fourth-order valence-corrected chi connectivity index (χ4v) is 2.71. The van der Waals surface area contributed by atoms with E-state index in [2.05, 4.69) is 9.97 Å². The number of hydrogen-bond acceptors (Lipinski definition) is 3. The van der Waals surface area contributed by atoms with Gasteiger partial charge in [0.2, 0.25) is 0 Å². The summed E-state index contributed by atoms with van der Waals surface area (Å²) in [6.45, 7) is -0.158. The van der Waals surface area contributed by atoms with Crippen molar-refractivity contribution in [3.63, 3.8) is 0 Å². The summed E-state index contributed by atoms with van der Waals surface area (Å²) in [5.41, 5.74) is -4.20. The van der Waals surface area contributed by atoms with E-state index in [1.54, 1.807) is 12.2 Å². The number of hydrogen-bond donors (Lipinski definition) is 1. The summed E-state index contributed by atoms with van der Waals surface area (Å²) in [6.07, 6.45) is -5.34. The van der Waals surface area contributed by atoms with Gasteiger partial charge in [-0.15, -0.1) is 0 Å². The average Bonchev–Trinajstić information content (AvgIpc) is 3.10. The highest BCUT2D eigenvalue weighted by Gasteiger charge is 2.40. The van der Waals surface area contributed by atoms with Crippen molar-refractivity contribution < 1.29 is 31.4 Å². The number of nitrogens with zero attached hydrogens (tertiary/aromatic N) is 3. The molecule has 10 heteroatoms. The Balaban J connectivity index is 2.19. The molecule has 0 amide bonds. The van der Waals surface area contributed by atoms with Crippen molar-refractivity contribution in [2.75, 3.05) is 6.61 Å². The summed E-state index contributed by atoms with van der Waals surface area (Å²) in [5.74, 6) is -0.208. The lowest BCUT2D eigenvalue weighted by atomic mass is 10.1. The van der Waals surface area contributed by atoms with Crippen LogP contribution in [0.4, 0.5) is 26.3 Å². The number of aromatic nitrogens is 3. The molecule has 0 saturated heterocycles. The first-order valence-electron chi connectivity index (χ1n) is 6.92. The van der Waals surface area contributed by atoms with E-state index in [1.165, 1.54) is 4.57 Å². The van der Waals surface area contributed by atoms with Crippen LogP contribution in [-0.4, -0.2) is 26.2 Å². The third-order valence-electron chi connectivity index (χ3n) is 3.87. The molecule has 3 rings (SSSR count). The van der Waals surface area contributed by atoms with Gasteiger partial charge in [-0.2, -0.15) is 26.3 Å². The lowest BCUT2D eigenvalue weighted by Gasteiger charge is -2.15. The molecule has 24 heavy (non-hydrogen) atoms. The van der Waals surface area contributed by atoms with Gasteiger partial charge in [-0.1, -0.05) is 12.2 Å². The van der Waals surface area contributed by atoms with Crippen molar-refractivity contribution in [3.8, 4) is 0 Å². The summed E-state index contributed by atoms with van der Waals surface area (Å²) < 4.78 is 79.2. The van der Waals surface area contributed by atoms with Crippen LogP contribution in [0.3, 0.4) is 0 Å². The minimum atomic E-state index is -5.01. The van der Waals surface area contributed by atoms with E-state index < -0.39 is 40.8 Å². The Labute approximate surface area is 131 Å². The molecule has 130 valence electrons. The van der Waals surface area contributed by atoms with Crippen molar-refractivity contribution in [3.05, 3.63) is 35.8 Å². The molecule has 0 unspecified atom stereocenters. The van der Waals surface area contributed by atoms with Crippen molar-refractivity contribution in [1.82, 2.24) is 14.5 Å². The number of alkyl halides is 6. The Kier molecular flexibility index (Phi) is 3.82. The predicted octanol–water partition coefficient (Wildman–Crippen LogP) is 3.58. The third-order valence-corrected chi connectivity index (χ3v) is 3.87. The van der Waals surface area contributed by atoms with Crippen LogP contribution in [0.2, 0.25) is 0 Å². The van der Waals surface area contributed by atoms with Gasteiger partial charge < -0.3 is 9.67 Å². The second-order valence-electron chi connectivity index (χ2n) is 5.51. The number of imidazole rings is 1. The first-order chi connectivity index (χ1) is 11.1. The minimum Gasteiger partial charge on any atom is -0.396 e. The maximum Gasteiger partial charge on any atom is 0.433 e. The Bertz CT molecular complexity index is 792. The molecular weight excluding hydrogens is 340 g/mol. The summed E-state index contributed by atoms with van der Waals surface area (Å²) >= 11 is 0. The molecule has 0 aliphatic heterocycles. The molecule has 2 heterocycles. The van der Waals surface area contributed by atoms with Gasteiger partial charge >= 0.3 is 12.4 Å². The highest BCUT2D eigenvalue weighted by molar-refractivity contribution is 5.76. The van der Waals surface area contributed by atoms with E-state index >= 15 is 0 Å². The van der Waals surface area contributed by atoms with Gasteiger partial charge in [0.05, 0.1) is 17.9 Å². The zero-order chi connectivity index (χ0) is 17.7. The number of pyridine rings is 1. The second kappa shape index (κ2) is 5.47. The molecule has 0 radical (unpaired) electrons. The van der Waals surface area contributed by atoms with Crippen LogP contribution in [0.1, 0.15) is 23.7 Å². The highest BCUT2D eigenvalue weighted by atomic mass is 19.4. The largest absolute Gasteiger partial charge is 0.433 e. The molecule has 1 N–H and O–H groups in total. The molecule has 0 saturated carbocycles. The number of rotatable bonds is 2. The van der Waals surface area contributed by atoms with Gasteiger partial charge in [0, 0.05) is 12.5 Å². The summed E-state index contributed by atoms with van der Waals surface area (Å²) in [6, 6.07) is -0.537. The SMILES string of the molecule is OC[C@@H]1C=C[C@H](n2cnc3c(C(F)(F)F)cc(C(F)(F)F)nc32)C1. The minimum absolute atomic E-state index is 0.0271. The zero-order valence-corrected chi connectivity index (χ0v) is 11.9. The van der Waals surface area contributed by atoms with Crippen LogP contribution in [0.5, 0.6) is 0 Å². The quantitative estimate of drug-likeness (QED) is 0.665. The van der Waals surface area contributed by atoms with Crippen LogP contribution in [0.25, 0.3) is 11.2 Å². The number of halogens is 6. The summed E-state index contributed by atoms with van der Waals surface area (Å²) in [5, 5.41) is 9.11. The summed E-state index contributed by atoms with van der Waals surface area (Å²) in [4.78, 5) is 6.98. The molecule has 2 atom stereocenters. The van der Waals surface area contributed by atoms with Gasteiger partial charge in [0.15, 0.2) is 5.65 Å². The average molecular weight is 351 g/mol. The van der Waals surface area contributed by atoms with Gasteiger partial charge in [0.25, 0.3) is 0 Å². The fraction of sp³-hybridized carbons (Fsp3) is 0.429. The fourth-order valence-electron chi connectivity index (χ4n) is 2.71. The monoisotopic (exact) mass is 351 g/mol. The lowest BCUT2D eigenvalue weighted by molar-refractivity contribution is -0.144. The van der Waals surface area contributed by atoms with Crippen molar-refractivity contribution in [2.45, 2.75) is 24.8 Å². The van der Waals surface area contributed by atoms with E-state index in [0.717, 1.165) is 6.33 Å². The number of aliphatic hydroxyl groups excluding tert-OH is 1. The van der Waals surface area contributed by atoms with Crippen LogP contribution in [-0.2, 0) is 12.4 Å². The lowest BCUT2D eigenvalue weighted by Crippen LogP contribution is -2.15. The smallest absolute Gasteiger partial charge is 0.396 e.